The zero-order chi connectivity index (χ0) is 35.5. The van der Waals surface area contributed by atoms with Crippen molar-refractivity contribution in [3.63, 3.8) is 0 Å². The Morgan fingerprint density at radius 2 is 1.86 bits per heavy atom. The van der Waals surface area contributed by atoms with Gasteiger partial charge in [0, 0.05) is 44.3 Å². The molecule has 3 fully saturated rings. The first-order valence-electron chi connectivity index (χ1n) is 17.8. The van der Waals surface area contributed by atoms with E-state index in [2.05, 4.69) is 10.00 Å². The number of β-amino-alcohol motifs (C(OH)–C–C–N with tert-alkyl or cyclic N) is 1. The number of aryl methyl sites for hydroxylation is 1. The molecule has 2 N–H and O–H groups in total. The third-order valence-electron chi connectivity index (χ3n) is 10.8. The standard InChI is InChI=1S/C38H44F2N6O5/c1-4-26-28(39)6-5-23-17-24(47)18-27(30(23)26)34-32(40)33-31(29-7-12-41-46(29)34)35(45-15-16-50-21-37(2,48)19-45)43-36(42-33)51-22-38(10-11-38)20-44-13-8-25(49-3)9-14-44/h5-7,12,17-18,25,47-48H,4,8-11,13-16,19-22H2,1-3H3. The van der Waals surface area contributed by atoms with Gasteiger partial charge in [-0.25, -0.2) is 13.3 Å². The minimum atomic E-state index is -1.20. The second kappa shape index (κ2) is 13.1. The SMILES string of the molecule is CCc1c(F)ccc2cc(O)cc(-c3c(F)c4nc(OCC5(CN6CCC(OC)CC6)CC5)nc(N5CCOCC(C)(O)C5)c4c4ccnn34)c12. The molecule has 1 aliphatic carbocycles. The second-order valence-electron chi connectivity index (χ2n) is 14.8. The van der Waals surface area contributed by atoms with Gasteiger partial charge in [0.25, 0.3) is 0 Å². The third kappa shape index (κ3) is 6.34. The van der Waals surface area contributed by atoms with Crippen molar-refractivity contribution in [3.05, 3.63) is 53.7 Å². The number of hydrogen-bond acceptors (Lipinski definition) is 10. The number of halogens is 2. The Morgan fingerprint density at radius 3 is 2.61 bits per heavy atom. The molecule has 0 bridgehead atoms. The van der Waals surface area contributed by atoms with E-state index in [4.69, 9.17) is 24.2 Å². The second-order valence-corrected chi connectivity index (χ2v) is 14.8. The van der Waals surface area contributed by atoms with Crippen molar-refractivity contribution in [2.45, 2.75) is 57.7 Å². The van der Waals surface area contributed by atoms with E-state index in [-0.39, 0.29) is 47.1 Å². The van der Waals surface area contributed by atoms with Crippen LogP contribution in [0.25, 0.3) is 38.4 Å². The highest BCUT2D eigenvalue weighted by molar-refractivity contribution is 6.07. The maximum Gasteiger partial charge on any atom is 0.319 e. The Hall–Kier alpha value is -4.17. The summed E-state index contributed by atoms with van der Waals surface area (Å²) in [6.45, 7) is 7.79. The van der Waals surface area contributed by atoms with Crippen LogP contribution in [0.4, 0.5) is 14.6 Å². The number of aromatic nitrogens is 4. The molecule has 0 radical (unpaired) electrons. The number of aromatic hydroxyl groups is 1. The van der Waals surface area contributed by atoms with Gasteiger partial charge in [-0.05, 0) is 79.6 Å². The van der Waals surface area contributed by atoms with Gasteiger partial charge in [0.05, 0.1) is 49.6 Å². The van der Waals surface area contributed by atoms with Crippen molar-refractivity contribution < 1.29 is 33.2 Å². The summed E-state index contributed by atoms with van der Waals surface area (Å²) in [6.07, 6.45) is 6.24. The normalized spacial score (nSPS) is 21.5. The van der Waals surface area contributed by atoms with Crippen LogP contribution in [0, 0.1) is 17.0 Å². The van der Waals surface area contributed by atoms with Gasteiger partial charge in [0.2, 0.25) is 0 Å². The van der Waals surface area contributed by atoms with E-state index in [1.807, 2.05) is 11.8 Å². The molecule has 51 heavy (non-hydrogen) atoms. The maximum atomic E-state index is 17.5. The van der Waals surface area contributed by atoms with E-state index < -0.39 is 17.2 Å². The fraction of sp³-hybridized carbons (Fsp3) is 0.500. The lowest BCUT2D eigenvalue weighted by Gasteiger charge is -2.33. The summed E-state index contributed by atoms with van der Waals surface area (Å²) in [5, 5.41) is 28.0. The Labute approximate surface area is 294 Å². The molecule has 2 saturated heterocycles. The number of nitrogens with zero attached hydrogens (tertiary/aromatic N) is 6. The van der Waals surface area contributed by atoms with Gasteiger partial charge in [0.1, 0.15) is 34.2 Å². The van der Waals surface area contributed by atoms with Crippen molar-refractivity contribution in [2.75, 3.05) is 64.6 Å². The number of aliphatic hydroxyl groups is 1. The Kier molecular flexibility index (Phi) is 8.72. The van der Waals surface area contributed by atoms with Gasteiger partial charge in [-0.2, -0.15) is 15.1 Å². The number of ether oxygens (including phenoxy) is 3. The molecule has 13 heteroatoms. The van der Waals surface area contributed by atoms with Gasteiger partial charge < -0.3 is 34.2 Å². The lowest BCUT2D eigenvalue weighted by Crippen LogP contribution is -2.42. The molecule has 0 amide bonds. The van der Waals surface area contributed by atoms with E-state index >= 15 is 8.78 Å². The van der Waals surface area contributed by atoms with Crippen molar-refractivity contribution in [2.24, 2.45) is 5.41 Å². The number of likely N-dealkylation sites (tertiary alicyclic amines) is 1. The number of fused-ring (bicyclic) bond motifs is 4. The third-order valence-corrected chi connectivity index (χ3v) is 10.8. The summed E-state index contributed by atoms with van der Waals surface area (Å²) >= 11 is 0. The monoisotopic (exact) mass is 702 g/mol. The number of anilines is 1. The van der Waals surface area contributed by atoms with Crippen LogP contribution in [0.2, 0.25) is 0 Å². The molecule has 8 rings (SSSR count). The van der Waals surface area contributed by atoms with Crippen molar-refractivity contribution in [1.82, 2.24) is 24.5 Å². The zero-order valence-corrected chi connectivity index (χ0v) is 29.3. The number of pyridine rings is 1. The van der Waals surface area contributed by atoms with Crippen molar-refractivity contribution in [3.8, 4) is 23.0 Å². The quantitative estimate of drug-likeness (QED) is 0.204. The van der Waals surface area contributed by atoms with Crippen LogP contribution < -0.4 is 9.64 Å². The fourth-order valence-corrected chi connectivity index (χ4v) is 7.96. The van der Waals surface area contributed by atoms with Gasteiger partial charge in [-0.15, -0.1) is 0 Å². The summed E-state index contributed by atoms with van der Waals surface area (Å²) in [6, 6.07) is 7.72. The first-order chi connectivity index (χ1) is 24.6. The molecule has 1 saturated carbocycles. The maximum absolute atomic E-state index is 17.5. The molecule has 1 atom stereocenters. The summed E-state index contributed by atoms with van der Waals surface area (Å²) < 4.78 is 51.9. The summed E-state index contributed by atoms with van der Waals surface area (Å²) in [4.78, 5) is 14.0. The molecular weight excluding hydrogens is 658 g/mol. The lowest BCUT2D eigenvalue weighted by atomic mass is 9.94. The van der Waals surface area contributed by atoms with Gasteiger partial charge >= 0.3 is 6.01 Å². The Bertz CT molecular complexity index is 2110. The fourth-order valence-electron chi connectivity index (χ4n) is 7.96. The minimum Gasteiger partial charge on any atom is -0.508 e. The molecule has 3 aromatic heterocycles. The van der Waals surface area contributed by atoms with E-state index in [1.54, 1.807) is 38.4 Å². The average Bonchev–Trinajstić information content (AvgIpc) is 3.76. The number of piperidine rings is 1. The molecule has 270 valence electrons. The predicted molar refractivity (Wildman–Crippen MR) is 189 cm³/mol. The van der Waals surface area contributed by atoms with Crippen LogP contribution in [-0.2, 0) is 15.9 Å². The number of hydrogen-bond donors (Lipinski definition) is 2. The van der Waals surface area contributed by atoms with Crippen molar-refractivity contribution in [1.29, 1.82) is 0 Å². The Morgan fingerprint density at radius 1 is 1.06 bits per heavy atom. The van der Waals surface area contributed by atoms with Crippen LogP contribution in [0.5, 0.6) is 11.8 Å². The number of benzene rings is 2. The van der Waals surface area contributed by atoms with Gasteiger partial charge in [0.15, 0.2) is 5.82 Å². The molecule has 5 heterocycles. The summed E-state index contributed by atoms with van der Waals surface area (Å²) in [7, 11) is 1.77. The molecule has 5 aromatic rings. The van der Waals surface area contributed by atoms with Gasteiger partial charge in [-0.1, -0.05) is 13.0 Å². The van der Waals surface area contributed by atoms with E-state index in [0.717, 1.165) is 45.3 Å². The van der Waals surface area contributed by atoms with Crippen LogP contribution in [0.3, 0.4) is 0 Å². The number of phenols is 1. The van der Waals surface area contributed by atoms with E-state index in [1.165, 1.54) is 16.6 Å². The highest BCUT2D eigenvalue weighted by Gasteiger charge is 2.45. The zero-order valence-electron chi connectivity index (χ0n) is 29.3. The van der Waals surface area contributed by atoms with Crippen LogP contribution in [0.1, 0.15) is 45.1 Å². The molecule has 0 spiro atoms. The smallest absolute Gasteiger partial charge is 0.319 e. The summed E-state index contributed by atoms with van der Waals surface area (Å²) in [5.41, 5.74) is -0.00134. The molecule has 2 aliphatic heterocycles. The lowest BCUT2D eigenvalue weighted by molar-refractivity contribution is -0.0123. The Balaban J connectivity index is 1.27. The highest BCUT2D eigenvalue weighted by Crippen LogP contribution is 2.47. The van der Waals surface area contributed by atoms with Gasteiger partial charge in [-0.3, -0.25) is 0 Å². The molecule has 3 aliphatic rings. The van der Waals surface area contributed by atoms with Crippen LogP contribution >= 0.6 is 0 Å². The number of phenolic OH excluding ortho intramolecular Hbond substituents is 1. The molecule has 2 aromatic carbocycles. The highest BCUT2D eigenvalue weighted by atomic mass is 19.1. The molecule has 11 nitrogen and oxygen atoms in total. The topological polar surface area (TPSA) is 118 Å². The van der Waals surface area contributed by atoms with Crippen LogP contribution in [-0.4, -0.2) is 106 Å². The first-order valence-corrected chi connectivity index (χ1v) is 17.8. The first kappa shape index (κ1) is 33.9. The minimum absolute atomic E-state index is 0.000220. The average molecular weight is 703 g/mol. The van der Waals surface area contributed by atoms with Crippen molar-refractivity contribution >= 4 is 33.0 Å². The number of methoxy groups -OCH3 is 1. The molecular formula is C38H44F2N6O5. The van der Waals surface area contributed by atoms with E-state index in [9.17, 15) is 10.2 Å². The van der Waals surface area contributed by atoms with Crippen LogP contribution in [0.15, 0.2) is 36.5 Å². The molecule has 1 unspecified atom stereocenters. The predicted octanol–water partition coefficient (Wildman–Crippen LogP) is 5.50. The summed E-state index contributed by atoms with van der Waals surface area (Å²) in [5.74, 6) is -0.828. The number of rotatable bonds is 9. The van der Waals surface area contributed by atoms with E-state index in [0.29, 0.717) is 65.3 Å². The largest absolute Gasteiger partial charge is 0.508 e.